The minimum absolute atomic E-state index is 0.0358. The molecule has 7 nitrogen and oxygen atoms in total. The maximum absolute atomic E-state index is 14.5. The van der Waals surface area contributed by atoms with Gasteiger partial charge in [0.2, 0.25) is 0 Å². The molecule has 4 heterocycles. The van der Waals surface area contributed by atoms with Gasteiger partial charge in [0.05, 0.1) is 35.4 Å². The van der Waals surface area contributed by atoms with Crippen LogP contribution in [0.1, 0.15) is 32.6 Å². The molecule has 0 unspecified atom stereocenters. The van der Waals surface area contributed by atoms with Crippen LogP contribution in [0.2, 0.25) is 0 Å². The van der Waals surface area contributed by atoms with Gasteiger partial charge >= 0.3 is 0 Å². The number of amides is 2. The zero-order chi connectivity index (χ0) is 24.9. The molecule has 0 spiro atoms. The van der Waals surface area contributed by atoms with Gasteiger partial charge in [0.25, 0.3) is 11.8 Å². The van der Waals surface area contributed by atoms with Gasteiger partial charge in [-0.05, 0) is 35.0 Å². The van der Waals surface area contributed by atoms with Crippen LogP contribution in [0.5, 0.6) is 0 Å². The molecule has 188 valence electrons. The predicted octanol–water partition coefficient (Wildman–Crippen LogP) is 4.10. The van der Waals surface area contributed by atoms with Crippen molar-refractivity contribution in [2.75, 3.05) is 45.9 Å². The molecule has 2 amide bonds. The Morgan fingerprint density at radius 3 is 2.56 bits per heavy atom. The average Bonchev–Trinajstić information content (AvgIpc) is 3.68. The first-order valence-electron chi connectivity index (χ1n) is 11.9. The second-order valence-electron chi connectivity index (χ2n) is 8.66. The first kappa shape index (κ1) is 24.8. The first-order chi connectivity index (χ1) is 17.6. The van der Waals surface area contributed by atoms with Gasteiger partial charge in [0.1, 0.15) is 12.4 Å². The predicted molar refractivity (Wildman–Crippen MR) is 139 cm³/mol. The van der Waals surface area contributed by atoms with Crippen LogP contribution in [0.3, 0.4) is 0 Å². The monoisotopic (exact) mass is 526 g/mol. The molecule has 5 rings (SSSR count). The van der Waals surface area contributed by atoms with Crippen molar-refractivity contribution in [1.82, 2.24) is 14.8 Å². The second-order valence-corrected chi connectivity index (χ2v) is 10.6. The molecule has 0 saturated carbocycles. The highest BCUT2D eigenvalue weighted by atomic mass is 32.1. The number of rotatable bonds is 8. The minimum Gasteiger partial charge on any atom is -0.379 e. The van der Waals surface area contributed by atoms with Crippen molar-refractivity contribution in [3.05, 3.63) is 80.4 Å². The smallest absolute Gasteiger partial charge is 0.262 e. The van der Waals surface area contributed by atoms with Crippen molar-refractivity contribution < 1.29 is 18.7 Å². The zero-order valence-electron chi connectivity index (χ0n) is 19.7. The van der Waals surface area contributed by atoms with Crippen LogP contribution in [0.4, 0.5) is 4.39 Å². The van der Waals surface area contributed by atoms with Gasteiger partial charge in [-0.2, -0.15) is 5.10 Å². The number of morpholine rings is 1. The lowest BCUT2D eigenvalue weighted by atomic mass is 10.1. The number of carbonyl (C=O) groups is 2. The Kier molecular flexibility index (Phi) is 7.86. The number of ether oxygens (including phenoxy) is 1. The number of benzene rings is 1. The molecule has 1 aromatic carbocycles. The summed E-state index contributed by atoms with van der Waals surface area (Å²) in [5, 5.41) is 10.2. The van der Waals surface area contributed by atoms with Gasteiger partial charge in [-0.3, -0.25) is 14.5 Å². The summed E-state index contributed by atoms with van der Waals surface area (Å²) in [4.78, 5) is 32.7. The van der Waals surface area contributed by atoms with E-state index in [4.69, 9.17) is 9.84 Å². The van der Waals surface area contributed by atoms with E-state index in [1.165, 1.54) is 22.0 Å². The molecule has 3 aromatic rings. The zero-order valence-corrected chi connectivity index (χ0v) is 21.3. The lowest BCUT2D eigenvalue weighted by molar-refractivity contribution is -0.133. The van der Waals surface area contributed by atoms with Crippen LogP contribution in [0.25, 0.3) is 0 Å². The molecule has 0 bridgehead atoms. The molecule has 1 fully saturated rings. The molecule has 2 aliphatic heterocycles. The molecular weight excluding hydrogens is 499 g/mol. The standard InChI is InChI=1S/C26H27FN4O3S2/c27-20-6-2-1-5-19(20)26(33)30(10-9-29-11-13-34-14-12-29)18-25(32)31-22(24-8-4-16-36-24)17-21(28-31)23-7-3-15-35-23/h1-8,15-16,22H,9-14,17-18H2/t22-/m0/s1. The highest BCUT2D eigenvalue weighted by Gasteiger charge is 2.35. The van der Waals surface area contributed by atoms with E-state index < -0.39 is 11.7 Å². The lowest BCUT2D eigenvalue weighted by Crippen LogP contribution is -2.46. The van der Waals surface area contributed by atoms with Crippen molar-refractivity contribution in [3.63, 3.8) is 0 Å². The maximum atomic E-state index is 14.5. The van der Waals surface area contributed by atoms with E-state index in [0.29, 0.717) is 32.7 Å². The molecule has 2 aliphatic rings. The van der Waals surface area contributed by atoms with Crippen LogP contribution < -0.4 is 0 Å². The molecule has 1 atom stereocenters. The molecule has 0 radical (unpaired) electrons. The quantitative estimate of drug-likeness (QED) is 0.443. The normalized spacial score (nSPS) is 18.3. The Morgan fingerprint density at radius 1 is 1.06 bits per heavy atom. The summed E-state index contributed by atoms with van der Waals surface area (Å²) in [7, 11) is 0. The summed E-state index contributed by atoms with van der Waals surface area (Å²) in [5.74, 6) is -1.38. The minimum atomic E-state index is -0.595. The molecule has 0 N–H and O–H groups in total. The SMILES string of the molecule is O=C(c1ccccc1F)N(CCN1CCOCC1)CC(=O)N1N=C(c2cccs2)C[C@H]1c1cccs1. The van der Waals surface area contributed by atoms with E-state index in [2.05, 4.69) is 4.90 Å². The van der Waals surface area contributed by atoms with Crippen molar-refractivity contribution in [1.29, 1.82) is 0 Å². The number of nitrogens with zero attached hydrogens (tertiary/aromatic N) is 4. The van der Waals surface area contributed by atoms with Gasteiger partial charge in [-0.1, -0.05) is 24.3 Å². The van der Waals surface area contributed by atoms with E-state index in [1.807, 2.05) is 35.0 Å². The Balaban J connectivity index is 1.38. The Bertz CT molecular complexity index is 1210. The van der Waals surface area contributed by atoms with E-state index in [0.717, 1.165) is 28.6 Å². The maximum Gasteiger partial charge on any atom is 0.262 e. The Labute approximate surface area is 217 Å². The Hall–Kier alpha value is -2.92. The Morgan fingerprint density at radius 2 is 1.83 bits per heavy atom. The third kappa shape index (κ3) is 5.57. The van der Waals surface area contributed by atoms with Crippen molar-refractivity contribution in [2.45, 2.75) is 12.5 Å². The van der Waals surface area contributed by atoms with E-state index in [-0.39, 0.29) is 24.1 Å². The summed E-state index contributed by atoms with van der Waals surface area (Å²) < 4.78 is 19.9. The third-order valence-corrected chi connectivity index (χ3v) is 8.24. The van der Waals surface area contributed by atoms with Crippen LogP contribution in [0, 0.1) is 5.82 Å². The summed E-state index contributed by atoms with van der Waals surface area (Å²) in [6.45, 7) is 3.49. The number of halogens is 1. The van der Waals surface area contributed by atoms with Crippen LogP contribution in [-0.2, 0) is 9.53 Å². The third-order valence-electron chi connectivity index (χ3n) is 6.35. The number of hydrogen-bond donors (Lipinski definition) is 0. The fourth-order valence-electron chi connectivity index (χ4n) is 4.41. The summed E-state index contributed by atoms with van der Waals surface area (Å²) in [6, 6.07) is 13.6. The van der Waals surface area contributed by atoms with Crippen LogP contribution in [0.15, 0.2) is 64.4 Å². The largest absolute Gasteiger partial charge is 0.379 e. The van der Waals surface area contributed by atoms with Crippen LogP contribution in [-0.4, -0.2) is 78.3 Å². The summed E-state index contributed by atoms with van der Waals surface area (Å²) >= 11 is 3.17. The molecular formula is C26H27FN4O3S2. The summed E-state index contributed by atoms with van der Waals surface area (Å²) in [6.07, 6.45) is 0.613. The number of carbonyl (C=O) groups excluding carboxylic acids is 2. The van der Waals surface area contributed by atoms with Gasteiger partial charge in [0, 0.05) is 37.5 Å². The van der Waals surface area contributed by atoms with Crippen LogP contribution >= 0.6 is 22.7 Å². The van der Waals surface area contributed by atoms with E-state index in [9.17, 15) is 14.0 Å². The topological polar surface area (TPSA) is 65.5 Å². The lowest BCUT2D eigenvalue weighted by Gasteiger charge is -2.31. The molecule has 1 saturated heterocycles. The molecule has 0 aliphatic carbocycles. The first-order valence-corrected chi connectivity index (χ1v) is 13.7. The highest BCUT2D eigenvalue weighted by Crippen LogP contribution is 2.36. The van der Waals surface area contributed by atoms with Gasteiger partial charge in [-0.25, -0.2) is 9.40 Å². The number of hydrazone groups is 1. The average molecular weight is 527 g/mol. The van der Waals surface area contributed by atoms with Gasteiger partial charge in [-0.15, -0.1) is 22.7 Å². The molecule has 2 aromatic heterocycles. The fourth-order valence-corrected chi connectivity index (χ4v) is 5.95. The van der Waals surface area contributed by atoms with Gasteiger partial charge < -0.3 is 9.64 Å². The van der Waals surface area contributed by atoms with E-state index >= 15 is 0 Å². The number of thiophene rings is 2. The molecule has 36 heavy (non-hydrogen) atoms. The van der Waals surface area contributed by atoms with Crippen molar-refractivity contribution >= 4 is 40.2 Å². The fraction of sp³-hybridized carbons (Fsp3) is 0.346. The number of hydrogen-bond acceptors (Lipinski definition) is 7. The van der Waals surface area contributed by atoms with Gasteiger partial charge in [0.15, 0.2) is 0 Å². The van der Waals surface area contributed by atoms with Crippen molar-refractivity contribution in [2.24, 2.45) is 5.10 Å². The molecule has 10 heteroatoms. The highest BCUT2D eigenvalue weighted by molar-refractivity contribution is 7.12. The second kappa shape index (κ2) is 11.4. The summed E-state index contributed by atoms with van der Waals surface area (Å²) in [5.41, 5.74) is 0.823. The van der Waals surface area contributed by atoms with E-state index in [1.54, 1.807) is 34.8 Å². The van der Waals surface area contributed by atoms with Crippen molar-refractivity contribution in [3.8, 4) is 0 Å².